The molecule has 4 rings (SSSR count). The first-order chi connectivity index (χ1) is 17.0. The van der Waals surface area contributed by atoms with Crippen LogP contribution >= 0.6 is 11.6 Å². The summed E-state index contributed by atoms with van der Waals surface area (Å²) in [4.78, 5) is 6.75. The second kappa shape index (κ2) is 12.5. The fraction of sp³-hybridized carbons (Fsp3) is 0.370. The summed E-state index contributed by atoms with van der Waals surface area (Å²) in [5.41, 5.74) is 2.34. The van der Waals surface area contributed by atoms with Gasteiger partial charge < -0.3 is 9.64 Å². The largest absolute Gasteiger partial charge is 0.493 e. The van der Waals surface area contributed by atoms with Gasteiger partial charge in [-0.1, -0.05) is 42.3 Å². The molecule has 1 saturated heterocycles. The number of aromatic nitrogens is 1. The molecule has 0 amide bonds. The lowest BCUT2D eigenvalue weighted by Gasteiger charge is -2.26. The standard InChI is InChI=1S/C27H32ClN3O3S/c28-25-11-12-27(35(32,33)30-21-22-8-6-13-29-20-22)24(19-25)18-23-9-2-3-10-26(23)34-17-7-16-31-14-4-1-5-15-31/h2-3,6,8-13,19-20,30H,1,4-5,7,14-18,21H2. The minimum Gasteiger partial charge on any atom is -0.493 e. The van der Waals surface area contributed by atoms with Gasteiger partial charge in [0.1, 0.15) is 5.75 Å². The van der Waals surface area contributed by atoms with Crippen molar-refractivity contribution in [3.8, 4) is 5.75 Å². The van der Waals surface area contributed by atoms with E-state index in [0.29, 0.717) is 23.6 Å². The van der Waals surface area contributed by atoms with Crippen molar-refractivity contribution < 1.29 is 13.2 Å². The number of benzene rings is 2. The topological polar surface area (TPSA) is 71.5 Å². The van der Waals surface area contributed by atoms with Gasteiger partial charge in [0.05, 0.1) is 11.5 Å². The van der Waals surface area contributed by atoms with Crippen LogP contribution < -0.4 is 9.46 Å². The van der Waals surface area contributed by atoms with Gasteiger partial charge in [-0.15, -0.1) is 0 Å². The second-order valence-corrected chi connectivity index (χ2v) is 11.0. The molecular formula is C27H32ClN3O3S. The van der Waals surface area contributed by atoms with Gasteiger partial charge in [-0.3, -0.25) is 4.98 Å². The Balaban J connectivity index is 1.44. The molecule has 0 unspecified atom stereocenters. The Morgan fingerprint density at radius 1 is 1.00 bits per heavy atom. The predicted molar refractivity (Wildman–Crippen MR) is 139 cm³/mol. The molecule has 186 valence electrons. The Morgan fingerprint density at radius 3 is 2.63 bits per heavy atom. The third-order valence-corrected chi connectivity index (χ3v) is 7.92. The van der Waals surface area contributed by atoms with Gasteiger partial charge in [0.25, 0.3) is 0 Å². The molecule has 1 aliphatic heterocycles. The number of rotatable bonds is 11. The first-order valence-electron chi connectivity index (χ1n) is 12.1. The van der Waals surface area contributed by atoms with Crippen molar-refractivity contribution in [2.75, 3.05) is 26.2 Å². The Kier molecular flexibility index (Phi) is 9.15. The minimum absolute atomic E-state index is 0.162. The highest BCUT2D eigenvalue weighted by molar-refractivity contribution is 7.89. The summed E-state index contributed by atoms with van der Waals surface area (Å²) in [6, 6.07) is 16.3. The van der Waals surface area contributed by atoms with Crippen LogP contribution in [-0.4, -0.2) is 44.5 Å². The van der Waals surface area contributed by atoms with Crippen LogP contribution in [0.1, 0.15) is 42.4 Å². The summed E-state index contributed by atoms with van der Waals surface area (Å²) in [7, 11) is -3.75. The van der Waals surface area contributed by atoms with E-state index in [0.717, 1.165) is 29.8 Å². The Morgan fingerprint density at radius 2 is 1.83 bits per heavy atom. The van der Waals surface area contributed by atoms with E-state index in [1.54, 1.807) is 36.7 Å². The van der Waals surface area contributed by atoms with Crippen molar-refractivity contribution in [3.05, 3.63) is 88.7 Å². The van der Waals surface area contributed by atoms with E-state index < -0.39 is 10.0 Å². The van der Waals surface area contributed by atoms with Crippen molar-refractivity contribution in [2.45, 2.75) is 43.5 Å². The van der Waals surface area contributed by atoms with E-state index in [4.69, 9.17) is 16.3 Å². The molecule has 0 aliphatic carbocycles. The number of nitrogens with zero attached hydrogens (tertiary/aromatic N) is 2. The zero-order valence-electron chi connectivity index (χ0n) is 19.8. The molecule has 1 aromatic heterocycles. The molecule has 0 spiro atoms. The Bertz CT molecular complexity index is 1200. The molecule has 35 heavy (non-hydrogen) atoms. The molecule has 3 aromatic rings. The van der Waals surface area contributed by atoms with Crippen molar-refractivity contribution in [1.29, 1.82) is 0 Å². The minimum atomic E-state index is -3.75. The third-order valence-electron chi connectivity index (χ3n) is 6.18. The summed E-state index contributed by atoms with van der Waals surface area (Å²) in [5.74, 6) is 0.776. The molecule has 2 aromatic carbocycles. The summed E-state index contributed by atoms with van der Waals surface area (Å²) < 4.78 is 35.1. The van der Waals surface area contributed by atoms with Crippen molar-refractivity contribution in [1.82, 2.24) is 14.6 Å². The quantitative estimate of drug-likeness (QED) is 0.363. The summed E-state index contributed by atoms with van der Waals surface area (Å²) >= 11 is 6.26. The molecule has 0 bridgehead atoms. The maximum absolute atomic E-state index is 13.2. The van der Waals surface area contributed by atoms with Gasteiger partial charge in [0.2, 0.25) is 10.0 Å². The monoisotopic (exact) mass is 513 g/mol. The van der Waals surface area contributed by atoms with Crippen molar-refractivity contribution in [3.63, 3.8) is 0 Å². The number of para-hydroxylation sites is 1. The molecular weight excluding hydrogens is 482 g/mol. The van der Waals surface area contributed by atoms with E-state index in [1.165, 1.54) is 32.4 Å². The van der Waals surface area contributed by atoms with Crippen LogP contribution in [0.5, 0.6) is 5.75 Å². The SMILES string of the molecule is O=S(=O)(NCc1cccnc1)c1ccc(Cl)cc1Cc1ccccc1OCCCN1CCCCC1. The zero-order valence-corrected chi connectivity index (χ0v) is 21.4. The van der Waals surface area contributed by atoms with Gasteiger partial charge in [-0.2, -0.15) is 0 Å². The maximum Gasteiger partial charge on any atom is 0.241 e. The van der Waals surface area contributed by atoms with Crippen LogP contribution in [0.3, 0.4) is 0 Å². The van der Waals surface area contributed by atoms with Crippen molar-refractivity contribution in [2.24, 2.45) is 0 Å². The molecule has 8 heteroatoms. The third kappa shape index (κ3) is 7.51. The van der Waals surface area contributed by atoms with Gasteiger partial charge in [0.15, 0.2) is 0 Å². The first-order valence-corrected chi connectivity index (χ1v) is 14.0. The fourth-order valence-electron chi connectivity index (χ4n) is 4.36. The van der Waals surface area contributed by atoms with Gasteiger partial charge in [-0.25, -0.2) is 13.1 Å². The summed E-state index contributed by atoms with van der Waals surface area (Å²) in [6.07, 6.45) is 8.56. The fourth-order valence-corrected chi connectivity index (χ4v) is 5.79. The molecule has 0 atom stereocenters. The number of ether oxygens (including phenoxy) is 1. The molecule has 0 saturated carbocycles. The van der Waals surface area contributed by atoms with E-state index >= 15 is 0 Å². The molecule has 1 N–H and O–H groups in total. The number of likely N-dealkylation sites (tertiary alicyclic amines) is 1. The van der Waals surface area contributed by atoms with Crippen molar-refractivity contribution >= 4 is 21.6 Å². The number of pyridine rings is 1. The van der Waals surface area contributed by atoms with Crippen LogP contribution in [0.15, 0.2) is 71.9 Å². The molecule has 1 aliphatic rings. The summed E-state index contributed by atoms with van der Waals surface area (Å²) in [6.45, 7) is 4.19. The lowest BCUT2D eigenvalue weighted by atomic mass is 10.0. The van der Waals surface area contributed by atoms with Crippen LogP contribution in [-0.2, 0) is 23.0 Å². The van der Waals surface area contributed by atoms with Crippen LogP contribution in [0.2, 0.25) is 5.02 Å². The molecule has 2 heterocycles. The van der Waals surface area contributed by atoms with E-state index in [2.05, 4.69) is 14.6 Å². The summed E-state index contributed by atoms with van der Waals surface area (Å²) in [5, 5.41) is 0.492. The molecule has 1 fully saturated rings. The van der Waals surface area contributed by atoms with Gasteiger partial charge in [0, 0.05) is 36.9 Å². The average molecular weight is 514 g/mol. The van der Waals surface area contributed by atoms with Gasteiger partial charge >= 0.3 is 0 Å². The number of nitrogens with one attached hydrogen (secondary N) is 1. The maximum atomic E-state index is 13.2. The van der Waals surface area contributed by atoms with Crippen LogP contribution in [0.25, 0.3) is 0 Å². The average Bonchev–Trinajstić information content (AvgIpc) is 2.87. The predicted octanol–water partition coefficient (Wildman–Crippen LogP) is 5.06. The highest BCUT2D eigenvalue weighted by Crippen LogP contribution is 2.27. The Hall–Kier alpha value is -2.45. The van der Waals surface area contributed by atoms with E-state index in [9.17, 15) is 8.42 Å². The second-order valence-electron chi connectivity index (χ2n) is 8.83. The van der Waals surface area contributed by atoms with E-state index in [1.807, 2.05) is 30.3 Å². The smallest absolute Gasteiger partial charge is 0.241 e. The Labute approximate surface area is 213 Å². The van der Waals surface area contributed by atoms with E-state index in [-0.39, 0.29) is 11.4 Å². The van der Waals surface area contributed by atoms with Crippen LogP contribution in [0, 0.1) is 0 Å². The number of piperidine rings is 1. The van der Waals surface area contributed by atoms with Crippen LogP contribution in [0.4, 0.5) is 0 Å². The first kappa shape index (κ1) is 25.6. The molecule has 6 nitrogen and oxygen atoms in total. The lowest BCUT2D eigenvalue weighted by Crippen LogP contribution is -2.31. The molecule has 0 radical (unpaired) electrons. The highest BCUT2D eigenvalue weighted by atomic mass is 35.5. The normalized spacial score (nSPS) is 14.7. The number of hydrogen-bond donors (Lipinski definition) is 1. The number of hydrogen-bond acceptors (Lipinski definition) is 5. The van der Waals surface area contributed by atoms with Gasteiger partial charge in [-0.05, 0) is 79.4 Å². The number of sulfonamides is 1. The number of halogens is 1. The highest BCUT2D eigenvalue weighted by Gasteiger charge is 2.20. The zero-order chi connectivity index (χ0) is 24.5. The lowest BCUT2D eigenvalue weighted by molar-refractivity contribution is 0.204.